The molecule has 101 valence electrons. The Hall–Kier alpha value is -2.24. The molecular formula is C16H9N2OS2. The van der Waals surface area contributed by atoms with E-state index in [1.165, 1.54) is 4.88 Å². The van der Waals surface area contributed by atoms with Gasteiger partial charge in [0.15, 0.2) is 0 Å². The number of hydrogen-bond donors (Lipinski definition) is 0. The SMILES string of the molecule is [c]1sc(-c2ccon2)cc1-c1ccc(-c2ccccn2)s1. The molecule has 0 amide bonds. The summed E-state index contributed by atoms with van der Waals surface area (Å²) in [5.41, 5.74) is 2.94. The van der Waals surface area contributed by atoms with Crippen molar-refractivity contribution < 1.29 is 4.52 Å². The zero-order valence-electron chi connectivity index (χ0n) is 10.8. The first-order chi connectivity index (χ1) is 10.4. The van der Waals surface area contributed by atoms with Crippen LogP contribution < -0.4 is 0 Å². The van der Waals surface area contributed by atoms with Gasteiger partial charge in [-0.2, -0.15) is 0 Å². The number of rotatable bonds is 3. The Balaban J connectivity index is 1.67. The van der Waals surface area contributed by atoms with Crippen molar-refractivity contribution in [3.63, 3.8) is 0 Å². The standard InChI is InChI=1S/C16H9N2OS2/c1-2-7-17-12(3-1)15-5-4-14(21-15)11-9-16(20-10-11)13-6-8-19-18-13/h1-9H. The summed E-state index contributed by atoms with van der Waals surface area (Å²) >= 11 is 3.27. The van der Waals surface area contributed by atoms with E-state index in [1.807, 2.05) is 30.5 Å². The van der Waals surface area contributed by atoms with Crippen LogP contribution in [0.15, 0.2) is 59.4 Å². The van der Waals surface area contributed by atoms with E-state index in [0.717, 1.165) is 26.7 Å². The van der Waals surface area contributed by atoms with Crippen molar-refractivity contribution in [2.24, 2.45) is 0 Å². The van der Waals surface area contributed by atoms with Gasteiger partial charge in [-0.1, -0.05) is 11.2 Å². The van der Waals surface area contributed by atoms with E-state index in [4.69, 9.17) is 4.52 Å². The second-order valence-electron chi connectivity index (χ2n) is 4.39. The van der Waals surface area contributed by atoms with Crippen molar-refractivity contribution in [2.75, 3.05) is 0 Å². The zero-order valence-corrected chi connectivity index (χ0v) is 12.4. The van der Waals surface area contributed by atoms with Gasteiger partial charge in [0.05, 0.1) is 20.8 Å². The smallest absolute Gasteiger partial charge is 0.124 e. The molecular weight excluding hydrogens is 300 g/mol. The molecule has 21 heavy (non-hydrogen) atoms. The normalized spacial score (nSPS) is 10.9. The molecule has 0 unspecified atom stereocenters. The Labute approximate surface area is 129 Å². The monoisotopic (exact) mass is 309 g/mol. The molecule has 4 heterocycles. The fourth-order valence-corrected chi connectivity index (χ4v) is 3.81. The summed E-state index contributed by atoms with van der Waals surface area (Å²) in [6, 6.07) is 14.1. The maximum absolute atomic E-state index is 4.88. The van der Waals surface area contributed by atoms with Crippen LogP contribution >= 0.6 is 22.7 Å². The number of nitrogens with zero attached hydrogens (tertiary/aromatic N) is 2. The lowest BCUT2D eigenvalue weighted by atomic mass is 10.2. The second-order valence-corrected chi connectivity index (χ2v) is 6.32. The van der Waals surface area contributed by atoms with Crippen molar-refractivity contribution in [3.05, 3.63) is 60.3 Å². The Morgan fingerprint density at radius 3 is 2.71 bits per heavy atom. The average molecular weight is 309 g/mol. The highest BCUT2D eigenvalue weighted by Crippen LogP contribution is 2.37. The quantitative estimate of drug-likeness (QED) is 0.535. The van der Waals surface area contributed by atoms with E-state index in [9.17, 15) is 0 Å². The molecule has 3 nitrogen and oxygen atoms in total. The first-order valence-corrected chi connectivity index (χ1v) is 7.97. The molecule has 1 radical (unpaired) electrons. The molecule has 5 heteroatoms. The molecule has 0 saturated carbocycles. The van der Waals surface area contributed by atoms with Gasteiger partial charge in [-0.15, -0.1) is 22.7 Å². The fourth-order valence-electron chi connectivity index (χ4n) is 2.02. The van der Waals surface area contributed by atoms with Crippen LogP contribution in [0.1, 0.15) is 0 Å². The highest BCUT2D eigenvalue weighted by atomic mass is 32.1. The summed E-state index contributed by atoms with van der Waals surface area (Å²) in [6.45, 7) is 0. The van der Waals surface area contributed by atoms with Crippen LogP contribution in [0.5, 0.6) is 0 Å². The average Bonchev–Trinajstić information content (AvgIpc) is 3.27. The van der Waals surface area contributed by atoms with E-state index in [2.05, 4.69) is 33.7 Å². The number of thiophene rings is 2. The van der Waals surface area contributed by atoms with Crippen LogP contribution in [-0.4, -0.2) is 10.1 Å². The molecule has 0 bridgehead atoms. The maximum atomic E-state index is 4.88. The zero-order chi connectivity index (χ0) is 14.1. The third-order valence-electron chi connectivity index (χ3n) is 3.03. The van der Waals surface area contributed by atoms with Gasteiger partial charge in [-0.3, -0.25) is 4.98 Å². The van der Waals surface area contributed by atoms with Crippen molar-refractivity contribution in [2.45, 2.75) is 0 Å². The number of hydrogen-bond acceptors (Lipinski definition) is 5. The molecule has 4 aromatic heterocycles. The maximum Gasteiger partial charge on any atom is 0.124 e. The molecule has 0 spiro atoms. The third kappa shape index (κ3) is 2.41. The highest BCUT2D eigenvalue weighted by molar-refractivity contribution is 7.19. The summed E-state index contributed by atoms with van der Waals surface area (Å²) in [6.07, 6.45) is 3.40. The summed E-state index contributed by atoms with van der Waals surface area (Å²) in [7, 11) is 0. The molecule has 0 aliphatic heterocycles. The minimum absolute atomic E-state index is 0.851. The van der Waals surface area contributed by atoms with Crippen molar-refractivity contribution >= 4 is 22.7 Å². The van der Waals surface area contributed by atoms with Gasteiger partial charge in [-0.05, 0) is 30.3 Å². The van der Waals surface area contributed by atoms with E-state index in [0.29, 0.717) is 0 Å². The first-order valence-electron chi connectivity index (χ1n) is 6.34. The highest BCUT2D eigenvalue weighted by Gasteiger charge is 2.10. The summed E-state index contributed by atoms with van der Waals surface area (Å²) in [4.78, 5) is 7.79. The van der Waals surface area contributed by atoms with Crippen LogP contribution in [0.2, 0.25) is 0 Å². The van der Waals surface area contributed by atoms with Crippen molar-refractivity contribution in [1.82, 2.24) is 10.1 Å². The summed E-state index contributed by atoms with van der Waals surface area (Å²) < 4.78 is 4.88. The van der Waals surface area contributed by atoms with Gasteiger partial charge in [0.1, 0.15) is 12.0 Å². The van der Waals surface area contributed by atoms with Crippen molar-refractivity contribution in [3.8, 4) is 31.6 Å². The van der Waals surface area contributed by atoms with Gasteiger partial charge < -0.3 is 4.52 Å². The molecule has 4 rings (SSSR count). The Bertz CT molecular complexity index is 847. The predicted octanol–water partition coefficient (Wildman–Crippen LogP) is 4.99. The molecule has 0 aliphatic carbocycles. The van der Waals surface area contributed by atoms with Crippen LogP contribution in [0.25, 0.3) is 31.6 Å². The number of pyridine rings is 1. The Morgan fingerprint density at radius 2 is 1.90 bits per heavy atom. The molecule has 0 fully saturated rings. The van der Waals surface area contributed by atoms with Crippen molar-refractivity contribution in [1.29, 1.82) is 0 Å². The number of aromatic nitrogens is 2. The molecule has 0 atom stereocenters. The van der Waals surface area contributed by atoms with Gasteiger partial charge in [-0.25, -0.2) is 0 Å². The lowest BCUT2D eigenvalue weighted by molar-refractivity contribution is 0.422. The lowest BCUT2D eigenvalue weighted by Crippen LogP contribution is -1.75. The first kappa shape index (κ1) is 12.5. The minimum atomic E-state index is 0.851. The summed E-state index contributed by atoms with van der Waals surface area (Å²) in [5, 5.41) is 7.28. The molecule has 4 aromatic rings. The molecule has 0 aromatic carbocycles. The third-order valence-corrected chi connectivity index (χ3v) is 5.04. The van der Waals surface area contributed by atoms with Gasteiger partial charge in [0.25, 0.3) is 0 Å². The van der Waals surface area contributed by atoms with Gasteiger partial charge >= 0.3 is 0 Å². The topological polar surface area (TPSA) is 38.9 Å². The van der Waals surface area contributed by atoms with E-state index in [-0.39, 0.29) is 0 Å². The fraction of sp³-hybridized carbons (Fsp3) is 0. The lowest BCUT2D eigenvalue weighted by Gasteiger charge is -1.94. The van der Waals surface area contributed by atoms with Gasteiger partial charge in [0, 0.05) is 22.7 Å². The summed E-state index contributed by atoms with van der Waals surface area (Å²) in [5.74, 6) is 0. The predicted molar refractivity (Wildman–Crippen MR) is 85.2 cm³/mol. The largest absolute Gasteiger partial charge is 0.364 e. The molecule has 0 aliphatic rings. The Kier molecular flexibility index (Phi) is 3.14. The van der Waals surface area contributed by atoms with Gasteiger partial charge in [0.2, 0.25) is 0 Å². The van der Waals surface area contributed by atoms with E-state index >= 15 is 0 Å². The second kappa shape index (κ2) is 5.27. The van der Waals surface area contributed by atoms with Crippen LogP contribution in [0.4, 0.5) is 0 Å². The molecule has 0 N–H and O–H groups in total. The Morgan fingerprint density at radius 1 is 0.952 bits per heavy atom. The van der Waals surface area contributed by atoms with Crippen LogP contribution in [0.3, 0.4) is 0 Å². The van der Waals surface area contributed by atoms with Crippen LogP contribution in [-0.2, 0) is 0 Å². The minimum Gasteiger partial charge on any atom is -0.364 e. The molecule has 0 saturated heterocycles. The van der Waals surface area contributed by atoms with E-state index in [1.54, 1.807) is 28.9 Å². The van der Waals surface area contributed by atoms with Crippen LogP contribution in [0, 0.1) is 5.38 Å². The van der Waals surface area contributed by atoms with E-state index < -0.39 is 0 Å².